The van der Waals surface area contributed by atoms with Crippen LogP contribution in [-0.4, -0.2) is 30.4 Å². The van der Waals surface area contributed by atoms with Gasteiger partial charge in [-0.05, 0) is 25.7 Å². The Morgan fingerprint density at radius 2 is 1.94 bits per heavy atom. The molecule has 0 unspecified atom stereocenters. The fraction of sp³-hybridized carbons (Fsp3) is 0.929. The molecule has 0 N–H and O–H groups in total. The minimum atomic E-state index is 0.696. The average molecular weight is 224 g/mol. The van der Waals surface area contributed by atoms with Crippen molar-refractivity contribution in [1.82, 2.24) is 4.90 Å². The topological polar surface area (TPSA) is 15.6 Å². The lowest BCUT2D eigenvalue weighted by molar-refractivity contribution is 0.354. The van der Waals surface area contributed by atoms with Crippen molar-refractivity contribution in [3.63, 3.8) is 0 Å². The second-order valence-corrected chi connectivity index (χ2v) is 4.80. The highest BCUT2D eigenvalue weighted by Crippen LogP contribution is 2.17. The van der Waals surface area contributed by atoms with Crippen LogP contribution in [0, 0.1) is 5.92 Å². The fourth-order valence-corrected chi connectivity index (χ4v) is 2.49. The first-order valence-corrected chi connectivity index (χ1v) is 7.12. The van der Waals surface area contributed by atoms with Gasteiger partial charge >= 0.3 is 0 Å². The van der Waals surface area contributed by atoms with E-state index in [-0.39, 0.29) is 0 Å². The number of amidine groups is 1. The number of rotatable bonds is 7. The number of unbranched alkanes of at least 4 members (excludes halogenated alkanes) is 2. The van der Waals surface area contributed by atoms with Crippen LogP contribution >= 0.6 is 0 Å². The molecule has 0 aromatic rings. The Morgan fingerprint density at radius 3 is 2.56 bits per heavy atom. The zero-order valence-corrected chi connectivity index (χ0v) is 11.3. The quantitative estimate of drug-likeness (QED) is 0.602. The highest BCUT2D eigenvalue weighted by Gasteiger charge is 2.20. The summed E-state index contributed by atoms with van der Waals surface area (Å²) in [5.74, 6) is 2.11. The smallest absolute Gasteiger partial charge is 0.102 e. The number of hydrogen-bond donors (Lipinski definition) is 0. The standard InChI is InChI=1S/C14H28N2/c1-4-7-8-11-16-12-9-10-15-14(16)13(5-2)6-3/h13H,4-12H2,1-3H3. The van der Waals surface area contributed by atoms with Crippen LogP contribution in [0.1, 0.15) is 59.3 Å². The number of hydrogen-bond acceptors (Lipinski definition) is 2. The third-order valence-electron chi connectivity index (χ3n) is 3.57. The van der Waals surface area contributed by atoms with Crippen molar-refractivity contribution in [2.24, 2.45) is 10.9 Å². The summed E-state index contributed by atoms with van der Waals surface area (Å²) in [6, 6.07) is 0. The lowest BCUT2D eigenvalue weighted by Gasteiger charge is -2.33. The van der Waals surface area contributed by atoms with Crippen molar-refractivity contribution in [1.29, 1.82) is 0 Å². The van der Waals surface area contributed by atoms with E-state index in [4.69, 9.17) is 4.99 Å². The second-order valence-electron chi connectivity index (χ2n) is 4.80. The molecule has 0 saturated carbocycles. The molecule has 1 heterocycles. The molecule has 0 saturated heterocycles. The van der Waals surface area contributed by atoms with Crippen LogP contribution in [0.3, 0.4) is 0 Å². The fourth-order valence-electron chi connectivity index (χ4n) is 2.49. The minimum absolute atomic E-state index is 0.696. The first-order valence-electron chi connectivity index (χ1n) is 7.12. The molecule has 94 valence electrons. The molecule has 1 aliphatic rings. The van der Waals surface area contributed by atoms with Crippen LogP contribution in [0.4, 0.5) is 0 Å². The van der Waals surface area contributed by atoms with E-state index in [0.717, 1.165) is 6.54 Å². The van der Waals surface area contributed by atoms with Crippen LogP contribution in [0.25, 0.3) is 0 Å². The monoisotopic (exact) mass is 224 g/mol. The van der Waals surface area contributed by atoms with E-state index in [1.807, 2.05) is 0 Å². The Hall–Kier alpha value is -0.530. The van der Waals surface area contributed by atoms with E-state index in [1.54, 1.807) is 0 Å². The van der Waals surface area contributed by atoms with Gasteiger partial charge in [0, 0.05) is 25.6 Å². The van der Waals surface area contributed by atoms with Gasteiger partial charge in [0.25, 0.3) is 0 Å². The first kappa shape index (κ1) is 13.5. The third-order valence-corrected chi connectivity index (χ3v) is 3.57. The Bertz CT molecular complexity index is 207. The molecule has 0 aromatic heterocycles. The lowest BCUT2D eigenvalue weighted by atomic mass is 9.99. The van der Waals surface area contributed by atoms with Gasteiger partial charge in [0.15, 0.2) is 0 Å². The highest BCUT2D eigenvalue weighted by atomic mass is 15.2. The molecular formula is C14H28N2. The van der Waals surface area contributed by atoms with Gasteiger partial charge in [-0.3, -0.25) is 4.99 Å². The molecule has 16 heavy (non-hydrogen) atoms. The van der Waals surface area contributed by atoms with Crippen LogP contribution in [0.5, 0.6) is 0 Å². The van der Waals surface area contributed by atoms with Crippen LogP contribution in [0.2, 0.25) is 0 Å². The van der Waals surface area contributed by atoms with E-state index < -0.39 is 0 Å². The molecular weight excluding hydrogens is 196 g/mol. The Balaban J connectivity index is 2.52. The minimum Gasteiger partial charge on any atom is -0.360 e. The first-order chi connectivity index (χ1) is 7.83. The molecule has 0 atom stereocenters. The largest absolute Gasteiger partial charge is 0.360 e. The SMILES string of the molecule is CCCCCN1CCCN=C1C(CC)CC. The van der Waals surface area contributed by atoms with E-state index >= 15 is 0 Å². The van der Waals surface area contributed by atoms with E-state index in [0.29, 0.717) is 5.92 Å². The third kappa shape index (κ3) is 3.80. The Labute approximate surface area is 101 Å². The summed E-state index contributed by atoms with van der Waals surface area (Å²) < 4.78 is 0. The van der Waals surface area contributed by atoms with Gasteiger partial charge in [0.1, 0.15) is 5.84 Å². The van der Waals surface area contributed by atoms with Crippen LogP contribution in [-0.2, 0) is 0 Å². The Morgan fingerprint density at radius 1 is 1.19 bits per heavy atom. The summed E-state index contributed by atoms with van der Waals surface area (Å²) in [5.41, 5.74) is 0. The molecule has 0 fully saturated rings. The maximum Gasteiger partial charge on any atom is 0.102 e. The summed E-state index contributed by atoms with van der Waals surface area (Å²) in [6.07, 6.45) is 7.71. The zero-order chi connectivity index (χ0) is 11.8. The summed E-state index contributed by atoms with van der Waals surface area (Å²) >= 11 is 0. The van der Waals surface area contributed by atoms with Crippen molar-refractivity contribution in [2.45, 2.75) is 59.3 Å². The molecule has 0 amide bonds. The average Bonchev–Trinajstić information content (AvgIpc) is 2.33. The maximum atomic E-state index is 4.77. The summed E-state index contributed by atoms with van der Waals surface area (Å²) in [5, 5.41) is 0. The predicted molar refractivity (Wildman–Crippen MR) is 72.1 cm³/mol. The van der Waals surface area contributed by atoms with Gasteiger partial charge in [-0.1, -0.05) is 33.6 Å². The molecule has 1 rings (SSSR count). The van der Waals surface area contributed by atoms with Gasteiger partial charge < -0.3 is 4.90 Å². The van der Waals surface area contributed by atoms with Crippen molar-refractivity contribution < 1.29 is 0 Å². The number of aliphatic imine (C=N–C) groups is 1. The molecule has 0 spiro atoms. The normalized spacial score (nSPS) is 16.8. The van der Waals surface area contributed by atoms with Crippen LogP contribution < -0.4 is 0 Å². The van der Waals surface area contributed by atoms with Gasteiger partial charge in [-0.25, -0.2) is 0 Å². The van der Waals surface area contributed by atoms with E-state index in [9.17, 15) is 0 Å². The van der Waals surface area contributed by atoms with Gasteiger partial charge in [-0.15, -0.1) is 0 Å². The predicted octanol–water partition coefficient (Wildman–Crippen LogP) is 3.72. The summed E-state index contributed by atoms with van der Waals surface area (Å²) in [6.45, 7) is 10.4. The number of nitrogens with zero attached hydrogens (tertiary/aromatic N) is 2. The highest BCUT2D eigenvalue weighted by molar-refractivity contribution is 5.85. The van der Waals surface area contributed by atoms with Gasteiger partial charge in [-0.2, -0.15) is 0 Å². The molecule has 1 aliphatic heterocycles. The molecule has 2 nitrogen and oxygen atoms in total. The van der Waals surface area contributed by atoms with E-state index in [1.165, 1.54) is 57.5 Å². The van der Waals surface area contributed by atoms with Crippen molar-refractivity contribution in [3.8, 4) is 0 Å². The van der Waals surface area contributed by atoms with Crippen molar-refractivity contribution in [2.75, 3.05) is 19.6 Å². The van der Waals surface area contributed by atoms with Gasteiger partial charge in [0.2, 0.25) is 0 Å². The zero-order valence-electron chi connectivity index (χ0n) is 11.3. The lowest BCUT2D eigenvalue weighted by Crippen LogP contribution is -2.40. The molecule has 0 aromatic carbocycles. The Kier molecular flexibility index (Phi) is 6.51. The maximum absolute atomic E-state index is 4.77. The van der Waals surface area contributed by atoms with Crippen molar-refractivity contribution in [3.05, 3.63) is 0 Å². The van der Waals surface area contributed by atoms with Crippen LogP contribution in [0.15, 0.2) is 4.99 Å². The van der Waals surface area contributed by atoms with Gasteiger partial charge in [0.05, 0.1) is 0 Å². The van der Waals surface area contributed by atoms with E-state index in [2.05, 4.69) is 25.7 Å². The molecule has 2 heteroatoms. The summed E-state index contributed by atoms with van der Waals surface area (Å²) in [7, 11) is 0. The molecule has 0 radical (unpaired) electrons. The molecule has 0 aliphatic carbocycles. The second kappa shape index (κ2) is 7.70. The molecule has 0 bridgehead atoms. The van der Waals surface area contributed by atoms with Crippen molar-refractivity contribution >= 4 is 5.84 Å². The summed E-state index contributed by atoms with van der Waals surface area (Å²) in [4.78, 5) is 7.33.